The largest absolute Gasteiger partial charge is 0.481 e. The van der Waals surface area contributed by atoms with Crippen LogP contribution in [0.2, 0.25) is 0 Å². The van der Waals surface area contributed by atoms with Crippen molar-refractivity contribution in [2.45, 2.75) is 31.3 Å². The normalized spacial score (nSPS) is 26.4. The third-order valence-corrected chi connectivity index (χ3v) is 3.04. The lowest BCUT2D eigenvalue weighted by Gasteiger charge is -2.06. The van der Waals surface area contributed by atoms with Gasteiger partial charge in [0.2, 0.25) is 0 Å². The van der Waals surface area contributed by atoms with Crippen molar-refractivity contribution >= 4 is 17.6 Å². The number of aromatic nitrogens is 2. The highest BCUT2D eigenvalue weighted by molar-refractivity contribution is 5.75. The Morgan fingerprint density at radius 3 is 2.59 bits per heavy atom. The van der Waals surface area contributed by atoms with Crippen molar-refractivity contribution in [3.63, 3.8) is 0 Å². The third kappa shape index (κ3) is 2.46. The van der Waals surface area contributed by atoms with Gasteiger partial charge >= 0.3 is 5.97 Å². The van der Waals surface area contributed by atoms with Gasteiger partial charge in [0, 0.05) is 18.2 Å². The van der Waals surface area contributed by atoms with Crippen LogP contribution in [-0.4, -0.2) is 33.1 Å². The molecule has 0 amide bonds. The number of carboxylic acids is 1. The van der Waals surface area contributed by atoms with Crippen LogP contribution >= 0.6 is 0 Å². The van der Waals surface area contributed by atoms with Crippen molar-refractivity contribution in [2.75, 3.05) is 10.6 Å². The van der Waals surface area contributed by atoms with Crippen LogP contribution in [0.4, 0.5) is 11.6 Å². The number of hydrogen-bond acceptors (Lipinski definition) is 5. The van der Waals surface area contributed by atoms with Crippen molar-refractivity contribution in [2.24, 2.45) is 5.92 Å². The Morgan fingerprint density at radius 2 is 2.00 bits per heavy atom. The summed E-state index contributed by atoms with van der Waals surface area (Å²) in [6.45, 7) is 0. The fourth-order valence-corrected chi connectivity index (χ4v) is 1.77. The predicted octanol–water partition coefficient (Wildman–Crippen LogP) is 0.936. The number of nitrogens with one attached hydrogen (secondary N) is 2. The SMILES string of the molecule is O=C(O)C1CC1Nc1cc(NC2CC2)ncn1. The molecule has 6 heteroatoms. The monoisotopic (exact) mass is 234 g/mol. The Balaban J connectivity index is 1.61. The highest BCUT2D eigenvalue weighted by Crippen LogP contribution is 2.33. The van der Waals surface area contributed by atoms with E-state index < -0.39 is 5.97 Å². The van der Waals surface area contributed by atoms with Gasteiger partial charge in [0.05, 0.1) is 5.92 Å². The van der Waals surface area contributed by atoms with Gasteiger partial charge in [-0.3, -0.25) is 4.79 Å². The van der Waals surface area contributed by atoms with Gasteiger partial charge in [-0.15, -0.1) is 0 Å². The summed E-state index contributed by atoms with van der Waals surface area (Å²) in [5.41, 5.74) is 0. The van der Waals surface area contributed by atoms with Crippen LogP contribution in [0, 0.1) is 5.92 Å². The van der Waals surface area contributed by atoms with Gasteiger partial charge in [-0.1, -0.05) is 0 Å². The first-order chi connectivity index (χ1) is 8.22. The van der Waals surface area contributed by atoms with E-state index in [9.17, 15) is 4.79 Å². The fourth-order valence-electron chi connectivity index (χ4n) is 1.77. The lowest BCUT2D eigenvalue weighted by Crippen LogP contribution is -2.12. The number of carbonyl (C=O) groups is 1. The first-order valence-corrected chi connectivity index (χ1v) is 5.80. The van der Waals surface area contributed by atoms with Crippen LogP contribution in [0.15, 0.2) is 12.4 Å². The zero-order valence-electron chi connectivity index (χ0n) is 9.26. The van der Waals surface area contributed by atoms with Crippen LogP contribution in [0.3, 0.4) is 0 Å². The molecule has 0 aromatic carbocycles. The molecule has 3 N–H and O–H groups in total. The molecule has 1 heterocycles. The van der Waals surface area contributed by atoms with Gasteiger partial charge in [-0.05, 0) is 19.3 Å². The van der Waals surface area contributed by atoms with Crippen LogP contribution in [0.5, 0.6) is 0 Å². The van der Waals surface area contributed by atoms with Gasteiger partial charge in [-0.2, -0.15) is 0 Å². The summed E-state index contributed by atoms with van der Waals surface area (Å²) in [4.78, 5) is 18.9. The second kappa shape index (κ2) is 3.87. The molecule has 2 unspecified atom stereocenters. The summed E-state index contributed by atoms with van der Waals surface area (Å²) >= 11 is 0. The van der Waals surface area contributed by atoms with E-state index in [4.69, 9.17) is 5.11 Å². The first-order valence-electron chi connectivity index (χ1n) is 5.80. The molecular weight excluding hydrogens is 220 g/mol. The number of aliphatic carboxylic acids is 1. The van der Waals surface area contributed by atoms with Gasteiger partial charge in [0.15, 0.2) is 0 Å². The molecule has 2 aliphatic rings. The van der Waals surface area contributed by atoms with Crippen LogP contribution < -0.4 is 10.6 Å². The van der Waals surface area contributed by atoms with Gasteiger partial charge < -0.3 is 15.7 Å². The maximum atomic E-state index is 10.7. The Kier molecular flexibility index (Phi) is 2.35. The molecule has 2 aliphatic carbocycles. The smallest absolute Gasteiger partial charge is 0.308 e. The average Bonchev–Trinajstić information content (AvgIpc) is 3.14. The van der Waals surface area contributed by atoms with Crippen LogP contribution in [0.1, 0.15) is 19.3 Å². The topological polar surface area (TPSA) is 87.1 Å². The van der Waals surface area contributed by atoms with Gasteiger partial charge in [-0.25, -0.2) is 9.97 Å². The van der Waals surface area contributed by atoms with E-state index in [-0.39, 0.29) is 12.0 Å². The maximum absolute atomic E-state index is 10.7. The van der Waals surface area contributed by atoms with E-state index in [1.54, 1.807) is 0 Å². The summed E-state index contributed by atoms with van der Waals surface area (Å²) < 4.78 is 0. The van der Waals surface area contributed by atoms with E-state index in [1.165, 1.54) is 19.2 Å². The molecule has 2 saturated carbocycles. The molecule has 2 atom stereocenters. The highest BCUT2D eigenvalue weighted by atomic mass is 16.4. The molecule has 90 valence electrons. The molecular formula is C11H14N4O2. The number of carboxylic acid groups (broad SMARTS) is 1. The second-order valence-corrected chi connectivity index (χ2v) is 4.64. The lowest BCUT2D eigenvalue weighted by molar-refractivity contribution is -0.138. The standard InChI is InChI=1S/C11H14N4O2/c16-11(17)7-3-8(7)15-10-4-9(12-5-13-10)14-6-1-2-6/h4-8H,1-3H2,(H,16,17)(H2,12,13,14,15). The summed E-state index contributed by atoms with van der Waals surface area (Å²) in [5.74, 6) is 0.479. The van der Waals surface area contributed by atoms with Crippen molar-refractivity contribution in [3.05, 3.63) is 12.4 Å². The molecule has 1 aromatic rings. The average molecular weight is 234 g/mol. The minimum absolute atomic E-state index is 0.0103. The van der Waals surface area contributed by atoms with E-state index >= 15 is 0 Å². The predicted molar refractivity (Wildman–Crippen MR) is 61.8 cm³/mol. The molecule has 2 fully saturated rings. The van der Waals surface area contributed by atoms with Gasteiger partial charge in [0.25, 0.3) is 0 Å². The Bertz CT molecular complexity index is 447. The van der Waals surface area contributed by atoms with Crippen molar-refractivity contribution in [3.8, 4) is 0 Å². The second-order valence-electron chi connectivity index (χ2n) is 4.64. The van der Waals surface area contributed by atoms with E-state index in [2.05, 4.69) is 20.6 Å². The molecule has 0 radical (unpaired) electrons. The van der Waals surface area contributed by atoms with E-state index in [0.29, 0.717) is 18.3 Å². The number of hydrogen-bond donors (Lipinski definition) is 3. The molecule has 1 aromatic heterocycles. The summed E-state index contributed by atoms with van der Waals surface area (Å²) in [7, 11) is 0. The van der Waals surface area contributed by atoms with Crippen molar-refractivity contribution in [1.29, 1.82) is 0 Å². The van der Waals surface area contributed by atoms with E-state index in [0.717, 1.165) is 5.82 Å². The number of anilines is 2. The van der Waals surface area contributed by atoms with E-state index in [1.807, 2.05) is 6.07 Å². The van der Waals surface area contributed by atoms with Crippen LogP contribution in [-0.2, 0) is 4.79 Å². The maximum Gasteiger partial charge on any atom is 0.308 e. The Morgan fingerprint density at radius 1 is 1.29 bits per heavy atom. The summed E-state index contributed by atoms with van der Waals surface area (Å²) in [6.07, 6.45) is 4.54. The molecule has 0 spiro atoms. The highest BCUT2D eigenvalue weighted by Gasteiger charge is 2.43. The van der Waals surface area contributed by atoms with Gasteiger partial charge in [0.1, 0.15) is 18.0 Å². The molecule has 3 rings (SSSR count). The number of nitrogens with zero attached hydrogens (tertiary/aromatic N) is 2. The zero-order valence-corrected chi connectivity index (χ0v) is 9.26. The van der Waals surface area contributed by atoms with Crippen LogP contribution in [0.25, 0.3) is 0 Å². The molecule has 0 saturated heterocycles. The lowest BCUT2D eigenvalue weighted by atomic mass is 10.4. The van der Waals surface area contributed by atoms with Crippen molar-refractivity contribution < 1.29 is 9.90 Å². The summed E-state index contributed by atoms with van der Waals surface area (Å²) in [6, 6.07) is 2.39. The minimum Gasteiger partial charge on any atom is -0.481 e. The van der Waals surface area contributed by atoms with Crippen molar-refractivity contribution in [1.82, 2.24) is 9.97 Å². The molecule has 17 heavy (non-hydrogen) atoms. The fraction of sp³-hybridized carbons (Fsp3) is 0.545. The molecule has 0 bridgehead atoms. The number of rotatable bonds is 5. The first kappa shape index (κ1) is 10.3. The zero-order chi connectivity index (χ0) is 11.8. The Labute approximate surface area is 98.5 Å². The third-order valence-electron chi connectivity index (χ3n) is 3.04. The quantitative estimate of drug-likeness (QED) is 0.702. The minimum atomic E-state index is -0.743. The Hall–Kier alpha value is -1.85. The molecule has 6 nitrogen and oxygen atoms in total. The molecule has 0 aliphatic heterocycles. The summed E-state index contributed by atoms with van der Waals surface area (Å²) in [5, 5.41) is 15.2.